The highest BCUT2D eigenvalue weighted by molar-refractivity contribution is 5.95. The number of hydrogen-bond acceptors (Lipinski definition) is 3. The molecule has 19 heavy (non-hydrogen) atoms. The lowest BCUT2D eigenvalue weighted by atomic mass is 9.55. The van der Waals surface area contributed by atoms with Gasteiger partial charge < -0.3 is 14.9 Å². The van der Waals surface area contributed by atoms with Crippen LogP contribution in [0.15, 0.2) is 0 Å². The molecule has 2 heterocycles. The molecule has 0 aromatic heterocycles. The van der Waals surface area contributed by atoms with Gasteiger partial charge in [0.25, 0.3) is 0 Å². The molecule has 5 saturated carbocycles. The number of carboxylic acid groups (broad SMARTS) is 2. The van der Waals surface area contributed by atoms with Gasteiger partial charge in [-0.25, -0.2) is 0 Å². The van der Waals surface area contributed by atoms with E-state index in [1.54, 1.807) is 0 Å². The molecule has 100 valence electrons. The Hall–Kier alpha value is -1.10. The van der Waals surface area contributed by atoms with Crippen molar-refractivity contribution in [2.45, 2.75) is 18.1 Å². The van der Waals surface area contributed by atoms with E-state index < -0.39 is 23.5 Å². The molecule has 0 radical (unpaired) electrons. The average Bonchev–Trinajstić information content (AvgIpc) is 2.87. The van der Waals surface area contributed by atoms with E-state index >= 15 is 0 Å². The van der Waals surface area contributed by atoms with Crippen molar-refractivity contribution in [3.05, 3.63) is 0 Å². The van der Waals surface area contributed by atoms with E-state index in [4.69, 9.17) is 4.74 Å². The summed E-state index contributed by atoms with van der Waals surface area (Å²) < 4.78 is 6.18. The highest BCUT2D eigenvalue weighted by Crippen LogP contribution is 2.91. The van der Waals surface area contributed by atoms with Gasteiger partial charge in [-0.1, -0.05) is 0 Å². The van der Waals surface area contributed by atoms with Gasteiger partial charge in [0.1, 0.15) is 0 Å². The molecule has 5 heteroatoms. The van der Waals surface area contributed by atoms with Crippen LogP contribution in [0.5, 0.6) is 0 Å². The topological polar surface area (TPSA) is 83.8 Å². The van der Waals surface area contributed by atoms with Crippen molar-refractivity contribution in [2.75, 3.05) is 0 Å². The van der Waals surface area contributed by atoms with Crippen LogP contribution in [0.2, 0.25) is 0 Å². The van der Waals surface area contributed by atoms with Crippen molar-refractivity contribution in [2.24, 2.45) is 53.3 Å². The van der Waals surface area contributed by atoms with Crippen LogP contribution in [0.1, 0.15) is 6.42 Å². The molecular weight excluding hydrogens is 248 g/mol. The first-order chi connectivity index (χ1) is 9.09. The molecule has 5 aliphatic carbocycles. The van der Waals surface area contributed by atoms with Gasteiger partial charge in [-0.05, 0) is 53.8 Å². The van der Waals surface area contributed by atoms with Crippen molar-refractivity contribution in [1.29, 1.82) is 0 Å². The molecule has 2 aliphatic heterocycles. The predicted octanol–water partition coefficient (Wildman–Crippen LogP) is 0.297. The molecule has 5 nitrogen and oxygen atoms in total. The molecule has 0 aromatic carbocycles. The van der Waals surface area contributed by atoms with Crippen LogP contribution in [0.4, 0.5) is 0 Å². The summed E-state index contributed by atoms with van der Waals surface area (Å²) in [6, 6.07) is 0. The molecule has 10 atom stereocenters. The lowest BCUT2D eigenvalue weighted by molar-refractivity contribution is -0.173. The van der Waals surface area contributed by atoms with Crippen LogP contribution in [-0.2, 0) is 14.3 Å². The van der Waals surface area contributed by atoms with Crippen LogP contribution >= 0.6 is 0 Å². The number of hydrogen-bond donors (Lipinski definition) is 2. The van der Waals surface area contributed by atoms with Crippen molar-refractivity contribution in [1.82, 2.24) is 0 Å². The standard InChI is InChI=1S/C14H14O5/c15-12(16)10(13(17)18)14-8-3-1-2-4-5(3)9(14)7(4)11(19-14)6(2)8/h2-11H,1H2,(H,15,16)(H,17,18)/t2-,3-,4+,5+,6+,7+,8-,9+,11-,14-/m0/s1. The monoisotopic (exact) mass is 262 g/mol. The first-order valence-corrected chi connectivity index (χ1v) is 7.22. The summed E-state index contributed by atoms with van der Waals surface area (Å²) in [5, 5.41) is 18.8. The molecule has 7 rings (SSSR count). The Morgan fingerprint density at radius 1 is 1.00 bits per heavy atom. The summed E-state index contributed by atoms with van der Waals surface area (Å²) in [5.41, 5.74) is -0.852. The van der Waals surface area contributed by atoms with Crippen molar-refractivity contribution >= 4 is 11.9 Å². The summed E-state index contributed by atoms with van der Waals surface area (Å²) >= 11 is 0. The van der Waals surface area contributed by atoms with E-state index in [1.807, 2.05) is 0 Å². The fourth-order valence-electron chi connectivity index (χ4n) is 8.03. The third kappa shape index (κ3) is 0.618. The molecule has 7 fully saturated rings. The quantitative estimate of drug-likeness (QED) is 0.714. The second kappa shape index (κ2) is 2.32. The van der Waals surface area contributed by atoms with Gasteiger partial charge in [0.15, 0.2) is 5.92 Å². The van der Waals surface area contributed by atoms with Gasteiger partial charge in [0.05, 0.1) is 11.7 Å². The number of carboxylic acids is 2. The van der Waals surface area contributed by atoms with Crippen molar-refractivity contribution in [3.63, 3.8) is 0 Å². The highest BCUT2D eigenvalue weighted by atomic mass is 16.5. The van der Waals surface area contributed by atoms with E-state index in [2.05, 4.69) is 0 Å². The average molecular weight is 262 g/mol. The van der Waals surface area contributed by atoms with E-state index in [9.17, 15) is 19.8 Å². The first kappa shape index (κ1) is 9.75. The molecule has 0 spiro atoms. The molecule has 0 amide bonds. The molecule has 7 aliphatic rings. The Bertz CT molecular complexity index is 548. The van der Waals surface area contributed by atoms with Crippen molar-refractivity contribution < 1.29 is 24.5 Å². The number of rotatable bonds is 3. The second-order valence-corrected chi connectivity index (χ2v) is 7.47. The van der Waals surface area contributed by atoms with Crippen LogP contribution in [-0.4, -0.2) is 33.9 Å². The fraction of sp³-hybridized carbons (Fsp3) is 0.857. The SMILES string of the molecule is O=C(O)C(C(=O)O)[C@@]12O[C@@H]3[C@@H]4[C@@H]5[C@@H]6C[C@@H]([C@H]5[C@H]41)[C@H]2[C@@H]63. The largest absolute Gasteiger partial charge is 0.481 e. The van der Waals surface area contributed by atoms with Gasteiger partial charge in [-0.2, -0.15) is 0 Å². The Labute approximate surface area is 108 Å². The Kier molecular flexibility index (Phi) is 1.19. The fourth-order valence-corrected chi connectivity index (χ4v) is 8.03. The zero-order valence-corrected chi connectivity index (χ0v) is 10.1. The van der Waals surface area contributed by atoms with E-state index in [-0.39, 0.29) is 17.9 Å². The minimum Gasteiger partial charge on any atom is -0.481 e. The molecule has 4 bridgehead atoms. The van der Waals surface area contributed by atoms with Gasteiger partial charge in [-0.15, -0.1) is 0 Å². The zero-order chi connectivity index (χ0) is 12.8. The van der Waals surface area contributed by atoms with Crippen LogP contribution in [0, 0.1) is 53.3 Å². The Morgan fingerprint density at radius 3 is 2.42 bits per heavy atom. The summed E-state index contributed by atoms with van der Waals surface area (Å²) in [6.07, 6.45) is 1.40. The summed E-state index contributed by atoms with van der Waals surface area (Å²) in [4.78, 5) is 23.1. The molecule has 2 saturated heterocycles. The lowest BCUT2D eigenvalue weighted by Crippen LogP contribution is -2.56. The summed E-state index contributed by atoms with van der Waals surface area (Å²) in [6.45, 7) is 0. The van der Waals surface area contributed by atoms with Gasteiger partial charge in [-0.3, -0.25) is 9.59 Å². The maximum atomic E-state index is 11.5. The van der Waals surface area contributed by atoms with E-state index in [0.717, 1.165) is 11.8 Å². The summed E-state index contributed by atoms with van der Waals surface area (Å²) in [7, 11) is 0. The normalized spacial score (nSPS) is 67.5. The molecule has 2 N–H and O–H groups in total. The zero-order valence-electron chi connectivity index (χ0n) is 10.1. The Balaban J connectivity index is 1.60. The number of carbonyl (C=O) groups is 2. The molecule has 0 aromatic rings. The molecular formula is C14H14O5. The molecule has 0 unspecified atom stereocenters. The van der Waals surface area contributed by atoms with Gasteiger partial charge in [0, 0.05) is 0 Å². The van der Waals surface area contributed by atoms with Crippen LogP contribution in [0.3, 0.4) is 0 Å². The number of ether oxygens (including phenoxy) is 1. The van der Waals surface area contributed by atoms with Gasteiger partial charge >= 0.3 is 11.9 Å². The van der Waals surface area contributed by atoms with Gasteiger partial charge in [0.2, 0.25) is 0 Å². The third-order valence-electron chi connectivity index (χ3n) is 7.71. The number of aliphatic carboxylic acids is 2. The van der Waals surface area contributed by atoms with Crippen molar-refractivity contribution in [3.8, 4) is 0 Å². The minimum absolute atomic E-state index is 0.190. The maximum Gasteiger partial charge on any atom is 0.320 e. The second-order valence-electron chi connectivity index (χ2n) is 7.47. The highest BCUT2D eigenvalue weighted by Gasteiger charge is 2.94. The minimum atomic E-state index is -1.36. The van der Waals surface area contributed by atoms with E-state index in [1.165, 1.54) is 6.42 Å². The third-order valence-corrected chi connectivity index (χ3v) is 7.71. The maximum absolute atomic E-state index is 11.5. The smallest absolute Gasteiger partial charge is 0.320 e. The predicted molar refractivity (Wildman–Crippen MR) is 58.9 cm³/mol. The van der Waals surface area contributed by atoms with E-state index in [0.29, 0.717) is 23.7 Å². The summed E-state index contributed by atoms with van der Waals surface area (Å²) in [5.74, 6) is 0.281. The van der Waals surface area contributed by atoms with Crippen LogP contribution in [0.25, 0.3) is 0 Å². The lowest BCUT2D eigenvalue weighted by Gasteiger charge is -2.46. The first-order valence-electron chi connectivity index (χ1n) is 7.22. The van der Waals surface area contributed by atoms with Crippen LogP contribution < -0.4 is 0 Å². The Morgan fingerprint density at radius 2 is 1.74 bits per heavy atom.